The molecular weight excluding hydrogens is 254 g/mol. The minimum Gasteiger partial charge on any atom is -0.349 e. The minimum absolute atomic E-state index is 0.143. The second-order valence-corrected chi connectivity index (χ2v) is 4.66. The van der Waals surface area contributed by atoms with E-state index >= 15 is 0 Å². The van der Waals surface area contributed by atoms with E-state index < -0.39 is 6.04 Å². The van der Waals surface area contributed by atoms with Crippen LogP contribution in [0, 0.1) is 0 Å². The van der Waals surface area contributed by atoms with Crippen LogP contribution in [0.2, 0.25) is 0 Å². The van der Waals surface area contributed by atoms with E-state index in [1.54, 1.807) is 29.5 Å². The first-order valence-electron chi connectivity index (χ1n) is 5.25. The van der Waals surface area contributed by atoms with Crippen LogP contribution in [0.1, 0.15) is 17.3 Å². The van der Waals surface area contributed by atoms with Crippen molar-refractivity contribution in [2.75, 3.05) is 0 Å². The van der Waals surface area contributed by atoms with E-state index in [0.29, 0.717) is 11.3 Å². The highest BCUT2D eigenvalue weighted by molar-refractivity contribution is 7.07. The highest BCUT2D eigenvalue weighted by atomic mass is 32.1. The number of aromatic amines is 1. The van der Waals surface area contributed by atoms with Gasteiger partial charge in [0.25, 0.3) is 0 Å². The summed E-state index contributed by atoms with van der Waals surface area (Å²) in [5.74, 6) is -0.310. The zero-order valence-corrected chi connectivity index (χ0v) is 10.5. The van der Waals surface area contributed by atoms with Crippen LogP contribution < -0.4 is 15.9 Å². The number of H-pyrrole nitrogens is 1. The van der Waals surface area contributed by atoms with E-state index in [1.807, 2.05) is 0 Å². The maximum atomic E-state index is 11.8. The third kappa shape index (κ3) is 2.84. The Morgan fingerprint density at radius 1 is 1.72 bits per heavy atom. The van der Waals surface area contributed by atoms with Gasteiger partial charge < -0.3 is 16.0 Å². The lowest BCUT2D eigenvalue weighted by molar-refractivity contribution is -0.122. The predicted octanol–water partition coefficient (Wildman–Crippen LogP) is -0.514. The number of nitrogens with one attached hydrogen (secondary N) is 2. The lowest BCUT2D eigenvalue weighted by Crippen LogP contribution is -2.33. The van der Waals surface area contributed by atoms with Crippen molar-refractivity contribution in [2.45, 2.75) is 12.6 Å². The summed E-state index contributed by atoms with van der Waals surface area (Å²) in [6, 6.07) is -0.760. The van der Waals surface area contributed by atoms with Gasteiger partial charge in [0.15, 0.2) is 0 Å². The van der Waals surface area contributed by atoms with E-state index in [-0.39, 0.29) is 17.3 Å². The fourth-order valence-corrected chi connectivity index (χ4v) is 2.03. The molecule has 18 heavy (non-hydrogen) atoms. The van der Waals surface area contributed by atoms with E-state index in [1.165, 1.54) is 0 Å². The third-order valence-corrected chi connectivity index (χ3v) is 3.11. The summed E-state index contributed by atoms with van der Waals surface area (Å²) in [4.78, 5) is 25.1. The molecule has 0 aliphatic heterocycles. The van der Waals surface area contributed by atoms with Crippen LogP contribution in [0.4, 0.5) is 0 Å². The number of carbonyl (C=O) groups is 1. The van der Waals surface area contributed by atoms with Crippen molar-refractivity contribution in [3.05, 3.63) is 38.7 Å². The van der Waals surface area contributed by atoms with Crippen LogP contribution in [-0.2, 0) is 18.4 Å². The zero-order chi connectivity index (χ0) is 13.1. The Balaban J connectivity index is 1.93. The number of thiazole rings is 1. The van der Waals surface area contributed by atoms with E-state index in [9.17, 15) is 9.59 Å². The van der Waals surface area contributed by atoms with Crippen molar-refractivity contribution in [1.29, 1.82) is 0 Å². The van der Waals surface area contributed by atoms with Gasteiger partial charge >= 0.3 is 4.87 Å². The number of hydrogen-bond acceptors (Lipinski definition) is 5. The molecule has 4 N–H and O–H groups in total. The van der Waals surface area contributed by atoms with Gasteiger partial charge in [0, 0.05) is 29.9 Å². The van der Waals surface area contributed by atoms with E-state index in [4.69, 9.17) is 5.73 Å². The second kappa shape index (κ2) is 5.15. The van der Waals surface area contributed by atoms with Gasteiger partial charge in [0.05, 0.1) is 12.7 Å². The van der Waals surface area contributed by atoms with Gasteiger partial charge in [0.2, 0.25) is 5.91 Å². The standard InChI is InChI=1S/C10H13N5O2S/c1-15-4-6(2-13-15)8(11)9(16)12-3-7-5-18-10(17)14-7/h2,4-5,8H,3,11H2,1H3,(H,12,16)(H,14,17). The Morgan fingerprint density at radius 2 is 2.50 bits per heavy atom. The number of rotatable bonds is 4. The average Bonchev–Trinajstić information content (AvgIpc) is 2.94. The van der Waals surface area contributed by atoms with Crippen LogP contribution >= 0.6 is 11.3 Å². The first kappa shape index (κ1) is 12.5. The lowest BCUT2D eigenvalue weighted by atomic mass is 10.1. The van der Waals surface area contributed by atoms with Crippen LogP contribution in [0.5, 0.6) is 0 Å². The molecular formula is C10H13N5O2S. The molecule has 0 aliphatic carbocycles. The highest BCUT2D eigenvalue weighted by Gasteiger charge is 2.16. The number of aryl methyl sites for hydroxylation is 1. The average molecular weight is 267 g/mol. The first-order valence-corrected chi connectivity index (χ1v) is 6.13. The van der Waals surface area contributed by atoms with E-state index in [0.717, 1.165) is 11.3 Å². The molecule has 0 spiro atoms. The molecule has 2 rings (SSSR count). The molecule has 0 saturated heterocycles. The van der Waals surface area contributed by atoms with Gasteiger partial charge in [-0.3, -0.25) is 14.3 Å². The third-order valence-electron chi connectivity index (χ3n) is 2.39. The van der Waals surface area contributed by atoms with Gasteiger partial charge in [-0.2, -0.15) is 5.10 Å². The Labute approximate surface area is 107 Å². The fraction of sp³-hybridized carbons (Fsp3) is 0.300. The van der Waals surface area contributed by atoms with Crippen molar-refractivity contribution in [3.8, 4) is 0 Å². The van der Waals surface area contributed by atoms with Crippen LogP contribution in [-0.4, -0.2) is 20.7 Å². The monoisotopic (exact) mass is 267 g/mol. The molecule has 2 heterocycles. The van der Waals surface area contributed by atoms with Gasteiger partial charge in [-0.15, -0.1) is 0 Å². The molecule has 0 aliphatic rings. The Kier molecular flexibility index (Phi) is 3.58. The second-order valence-electron chi connectivity index (χ2n) is 3.82. The van der Waals surface area contributed by atoms with Gasteiger partial charge in [0.1, 0.15) is 6.04 Å². The summed E-state index contributed by atoms with van der Waals surface area (Å²) < 4.78 is 1.58. The molecule has 8 heteroatoms. The molecule has 2 aromatic heterocycles. The molecule has 0 fully saturated rings. The highest BCUT2D eigenvalue weighted by Crippen LogP contribution is 2.08. The summed E-state index contributed by atoms with van der Waals surface area (Å²) in [6.45, 7) is 0.255. The maximum absolute atomic E-state index is 11.8. The molecule has 1 atom stereocenters. The molecule has 0 bridgehead atoms. The smallest absolute Gasteiger partial charge is 0.304 e. The Bertz CT molecular complexity index is 599. The van der Waals surface area contributed by atoms with Crippen molar-refractivity contribution in [1.82, 2.24) is 20.1 Å². The molecule has 7 nitrogen and oxygen atoms in total. The number of amides is 1. The summed E-state index contributed by atoms with van der Waals surface area (Å²) >= 11 is 1.06. The van der Waals surface area contributed by atoms with Crippen molar-refractivity contribution in [2.24, 2.45) is 12.8 Å². The lowest BCUT2D eigenvalue weighted by Gasteiger charge is -2.09. The number of carbonyl (C=O) groups excluding carboxylic acids is 1. The Hall–Kier alpha value is -1.93. The number of hydrogen-bond donors (Lipinski definition) is 3. The summed E-state index contributed by atoms with van der Waals surface area (Å²) in [5, 5.41) is 8.27. The van der Waals surface area contributed by atoms with E-state index in [2.05, 4.69) is 15.4 Å². The summed E-state index contributed by atoms with van der Waals surface area (Å²) in [6.07, 6.45) is 3.24. The molecule has 0 radical (unpaired) electrons. The molecule has 96 valence electrons. The van der Waals surface area contributed by atoms with Gasteiger partial charge in [-0.05, 0) is 0 Å². The first-order chi connectivity index (χ1) is 8.56. The van der Waals surface area contributed by atoms with Gasteiger partial charge in [-0.1, -0.05) is 11.3 Å². The Morgan fingerprint density at radius 3 is 3.06 bits per heavy atom. The quantitative estimate of drug-likeness (QED) is 0.693. The van der Waals surface area contributed by atoms with Gasteiger partial charge in [-0.25, -0.2) is 0 Å². The van der Waals surface area contributed by atoms with Crippen LogP contribution in [0.15, 0.2) is 22.6 Å². The molecule has 2 aromatic rings. The summed E-state index contributed by atoms with van der Waals surface area (Å²) in [7, 11) is 1.75. The molecule has 1 amide bonds. The number of nitrogens with two attached hydrogens (primary N) is 1. The largest absolute Gasteiger partial charge is 0.349 e. The number of aromatic nitrogens is 3. The predicted molar refractivity (Wildman–Crippen MR) is 66.9 cm³/mol. The SMILES string of the molecule is Cn1cc(C(N)C(=O)NCc2csc(=O)[nH]2)cn1. The van der Waals surface area contributed by atoms with Crippen molar-refractivity contribution >= 4 is 17.2 Å². The zero-order valence-electron chi connectivity index (χ0n) is 9.71. The van der Waals surface area contributed by atoms with Crippen LogP contribution in [0.3, 0.4) is 0 Å². The molecule has 0 aromatic carbocycles. The van der Waals surface area contributed by atoms with Crippen molar-refractivity contribution in [3.63, 3.8) is 0 Å². The van der Waals surface area contributed by atoms with Crippen molar-refractivity contribution < 1.29 is 4.79 Å². The molecule has 1 unspecified atom stereocenters. The molecule has 0 saturated carbocycles. The normalized spacial score (nSPS) is 12.3. The fourth-order valence-electron chi connectivity index (χ4n) is 1.44. The maximum Gasteiger partial charge on any atom is 0.304 e. The topological polar surface area (TPSA) is 106 Å². The number of nitrogens with zero attached hydrogens (tertiary/aromatic N) is 2. The van der Waals surface area contributed by atoms with Crippen LogP contribution in [0.25, 0.3) is 0 Å². The minimum atomic E-state index is -0.760. The summed E-state index contributed by atoms with van der Waals surface area (Å²) in [5.41, 5.74) is 7.10.